The first-order valence-corrected chi connectivity index (χ1v) is 11.5. The number of para-hydroxylation sites is 1. The van der Waals surface area contributed by atoms with Crippen molar-refractivity contribution in [3.8, 4) is 5.69 Å². The number of rotatable bonds is 3. The average molecular weight is 391 g/mol. The molecule has 2 aliphatic rings. The molecule has 0 saturated heterocycles. The van der Waals surface area contributed by atoms with Crippen LogP contribution in [0.4, 0.5) is 0 Å². The summed E-state index contributed by atoms with van der Waals surface area (Å²) in [6.07, 6.45) is 8.59. The maximum Gasteiger partial charge on any atom is 0.244 e. The van der Waals surface area contributed by atoms with Crippen molar-refractivity contribution < 1.29 is 4.57 Å². The molecule has 2 nitrogen and oxygen atoms in total. The molecule has 0 radical (unpaired) electrons. The van der Waals surface area contributed by atoms with Crippen molar-refractivity contribution in [1.29, 1.82) is 0 Å². The number of benzene rings is 2. The molecule has 0 spiro atoms. The van der Waals surface area contributed by atoms with E-state index in [1.165, 1.54) is 63.3 Å². The van der Waals surface area contributed by atoms with Gasteiger partial charge in [0.2, 0.25) is 6.33 Å². The van der Waals surface area contributed by atoms with Crippen LogP contribution >= 0.6 is 11.8 Å². The van der Waals surface area contributed by atoms with Gasteiger partial charge in [0.15, 0.2) is 0 Å². The number of aromatic nitrogens is 2. The molecule has 1 aliphatic heterocycles. The van der Waals surface area contributed by atoms with E-state index in [0.717, 1.165) is 6.54 Å². The van der Waals surface area contributed by atoms with E-state index in [1.807, 2.05) is 11.8 Å². The van der Waals surface area contributed by atoms with Crippen molar-refractivity contribution in [3.63, 3.8) is 0 Å². The summed E-state index contributed by atoms with van der Waals surface area (Å²) in [6.45, 7) is 12.9. The molecule has 0 amide bonds. The second-order valence-corrected chi connectivity index (χ2v) is 10.9. The van der Waals surface area contributed by atoms with Gasteiger partial charge in [0.05, 0.1) is 23.3 Å². The van der Waals surface area contributed by atoms with E-state index in [2.05, 4.69) is 80.4 Å². The second-order valence-electron chi connectivity index (χ2n) is 9.80. The summed E-state index contributed by atoms with van der Waals surface area (Å²) in [4.78, 5) is 2.73. The van der Waals surface area contributed by atoms with E-state index in [1.54, 1.807) is 0 Å². The van der Waals surface area contributed by atoms with Crippen molar-refractivity contribution in [1.82, 2.24) is 4.57 Å². The molecule has 1 aromatic heterocycles. The van der Waals surface area contributed by atoms with Gasteiger partial charge in [0.25, 0.3) is 0 Å². The normalized spacial score (nSPS) is 18.8. The lowest BCUT2D eigenvalue weighted by molar-refractivity contribution is -0.577. The first-order valence-electron chi connectivity index (χ1n) is 10.7. The third kappa shape index (κ3) is 2.58. The molecule has 2 aromatic carbocycles. The highest BCUT2D eigenvalue weighted by Gasteiger charge is 2.38. The number of hydrogen-bond donors (Lipinski definition) is 0. The Labute approximate surface area is 173 Å². The van der Waals surface area contributed by atoms with Crippen molar-refractivity contribution >= 4 is 22.8 Å². The molecule has 0 fully saturated rings. The van der Waals surface area contributed by atoms with Gasteiger partial charge in [-0.15, -0.1) is 11.8 Å². The Hall–Kier alpha value is -1.74. The Balaban J connectivity index is 1.77. The molecule has 28 heavy (non-hydrogen) atoms. The summed E-state index contributed by atoms with van der Waals surface area (Å²) in [5.41, 5.74) is 7.48. The Morgan fingerprint density at radius 1 is 1.04 bits per heavy atom. The highest BCUT2D eigenvalue weighted by Crippen LogP contribution is 2.49. The zero-order chi connectivity index (χ0) is 19.7. The predicted octanol–water partition coefficient (Wildman–Crippen LogP) is 6.33. The minimum absolute atomic E-state index is 0.228. The molecule has 2 heterocycles. The summed E-state index contributed by atoms with van der Waals surface area (Å²) in [5.74, 6) is 0. The van der Waals surface area contributed by atoms with Crippen LogP contribution in [0.15, 0.2) is 40.1 Å². The number of imidazole rings is 1. The van der Waals surface area contributed by atoms with Crippen LogP contribution in [0.1, 0.15) is 71.4 Å². The van der Waals surface area contributed by atoms with Crippen LogP contribution in [-0.4, -0.2) is 4.57 Å². The Kier molecular flexibility index (Phi) is 4.00. The summed E-state index contributed by atoms with van der Waals surface area (Å²) < 4.78 is 4.66. The van der Waals surface area contributed by atoms with Crippen LogP contribution in [0.5, 0.6) is 0 Å². The molecule has 3 aromatic rings. The molecule has 0 saturated carbocycles. The average Bonchev–Trinajstić information content (AvgIpc) is 3.04. The number of unbranched alkanes of at least 4 members (excludes halogenated alkanes) is 1. The van der Waals surface area contributed by atoms with Gasteiger partial charge in [0, 0.05) is 9.79 Å². The third-order valence-corrected chi connectivity index (χ3v) is 7.94. The highest BCUT2D eigenvalue weighted by atomic mass is 32.2. The van der Waals surface area contributed by atoms with Crippen LogP contribution in [0.3, 0.4) is 0 Å². The van der Waals surface area contributed by atoms with Gasteiger partial charge in [-0.05, 0) is 47.3 Å². The van der Waals surface area contributed by atoms with Crippen LogP contribution in [0.2, 0.25) is 0 Å². The van der Waals surface area contributed by atoms with E-state index in [0.29, 0.717) is 0 Å². The van der Waals surface area contributed by atoms with E-state index in [4.69, 9.17) is 0 Å². The molecule has 0 unspecified atom stereocenters. The monoisotopic (exact) mass is 390 g/mol. The van der Waals surface area contributed by atoms with Crippen LogP contribution in [-0.2, 0) is 17.4 Å². The molecule has 146 valence electrons. The van der Waals surface area contributed by atoms with Gasteiger partial charge in [-0.1, -0.05) is 65.3 Å². The lowest BCUT2D eigenvalue weighted by Gasteiger charge is -2.43. The lowest BCUT2D eigenvalue weighted by Crippen LogP contribution is -2.37. The van der Waals surface area contributed by atoms with E-state index in [9.17, 15) is 0 Å². The van der Waals surface area contributed by atoms with Gasteiger partial charge in [0.1, 0.15) is 0 Å². The molecular formula is C25H30N2S. The SMILES string of the molecule is CCCCn1[c-][n+]2c3c(cccc31)Sc1cc3c(cc1-2)C(C)(C)CCC3(C)C. The molecule has 0 atom stereocenters. The summed E-state index contributed by atoms with van der Waals surface area (Å²) in [6, 6.07) is 11.7. The number of aryl methyl sites for hydroxylation is 1. The fraction of sp³-hybridized carbons (Fsp3) is 0.480. The summed E-state index contributed by atoms with van der Waals surface area (Å²) >= 11 is 1.93. The molecular weight excluding hydrogens is 360 g/mol. The van der Waals surface area contributed by atoms with Gasteiger partial charge >= 0.3 is 0 Å². The van der Waals surface area contributed by atoms with Gasteiger partial charge in [-0.3, -0.25) is 0 Å². The summed E-state index contributed by atoms with van der Waals surface area (Å²) in [5, 5.41) is 0. The third-order valence-electron chi connectivity index (χ3n) is 6.84. The van der Waals surface area contributed by atoms with Crippen molar-refractivity contribution in [2.24, 2.45) is 0 Å². The smallest absolute Gasteiger partial charge is 0.244 e. The van der Waals surface area contributed by atoms with E-state index in [-0.39, 0.29) is 10.8 Å². The molecule has 0 bridgehead atoms. The van der Waals surface area contributed by atoms with Crippen molar-refractivity contribution in [2.45, 2.75) is 87.5 Å². The maximum atomic E-state index is 3.70. The number of hydrogen-bond acceptors (Lipinski definition) is 1. The van der Waals surface area contributed by atoms with E-state index >= 15 is 0 Å². The quantitative estimate of drug-likeness (QED) is 0.293. The Bertz CT molecular complexity index is 1090. The number of nitrogens with zero attached hydrogens (tertiary/aromatic N) is 2. The summed E-state index contributed by atoms with van der Waals surface area (Å²) in [7, 11) is 0. The highest BCUT2D eigenvalue weighted by molar-refractivity contribution is 7.99. The van der Waals surface area contributed by atoms with Crippen molar-refractivity contribution in [3.05, 3.63) is 47.8 Å². The van der Waals surface area contributed by atoms with Crippen LogP contribution < -0.4 is 4.57 Å². The first kappa shape index (κ1) is 18.3. The fourth-order valence-electron chi connectivity index (χ4n) is 4.88. The number of fused-ring (bicyclic) bond motifs is 3. The Morgan fingerprint density at radius 3 is 2.46 bits per heavy atom. The van der Waals surface area contributed by atoms with Gasteiger partial charge < -0.3 is 9.13 Å². The minimum Gasteiger partial charge on any atom is -0.317 e. The maximum absolute atomic E-state index is 3.70. The fourth-order valence-corrected chi connectivity index (χ4v) is 5.99. The molecule has 1 aliphatic carbocycles. The van der Waals surface area contributed by atoms with Crippen LogP contribution in [0, 0.1) is 6.33 Å². The zero-order valence-corrected chi connectivity index (χ0v) is 18.5. The molecule has 3 heteroatoms. The Morgan fingerprint density at radius 2 is 1.75 bits per heavy atom. The topological polar surface area (TPSA) is 8.81 Å². The standard InChI is InChI=1S/C25H30N2S/c1-6-7-13-26-16-27-20-14-17-18(25(4,5)12-11-24(17,2)3)15-22(20)28-21-10-8-9-19(26)23(21)27/h8-10,14-15H,6-7,11-13H2,1-5H3. The van der Waals surface area contributed by atoms with Crippen LogP contribution in [0.25, 0.3) is 16.7 Å². The zero-order valence-electron chi connectivity index (χ0n) is 17.7. The molecule has 0 N–H and O–H groups in total. The predicted molar refractivity (Wildman–Crippen MR) is 117 cm³/mol. The van der Waals surface area contributed by atoms with E-state index < -0.39 is 0 Å². The van der Waals surface area contributed by atoms with Crippen molar-refractivity contribution in [2.75, 3.05) is 0 Å². The first-order chi connectivity index (χ1) is 13.3. The largest absolute Gasteiger partial charge is 0.317 e. The van der Waals surface area contributed by atoms with Gasteiger partial charge in [-0.25, -0.2) is 0 Å². The van der Waals surface area contributed by atoms with Gasteiger partial charge in [-0.2, -0.15) is 0 Å². The second kappa shape index (κ2) is 6.13. The lowest BCUT2D eigenvalue weighted by atomic mass is 9.63. The minimum atomic E-state index is 0.228. The molecule has 5 rings (SSSR count).